The van der Waals surface area contributed by atoms with E-state index in [9.17, 15) is 4.79 Å². The summed E-state index contributed by atoms with van der Waals surface area (Å²) in [6, 6.07) is 5.70. The summed E-state index contributed by atoms with van der Waals surface area (Å²) in [6.45, 7) is 6.04. The van der Waals surface area contributed by atoms with Crippen LogP contribution in [0.15, 0.2) is 27.4 Å². The molecule has 3 aromatic rings. The first kappa shape index (κ1) is 13.5. The van der Waals surface area contributed by atoms with Gasteiger partial charge >= 0.3 is 5.76 Å². The summed E-state index contributed by atoms with van der Waals surface area (Å²) in [4.78, 5) is 22.2. The topological polar surface area (TPSA) is 74.2 Å². The van der Waals surface area contributed by atoms with E-state index in [0.717, 1.165) is 42.6 Å². The molecule has 0 spiro atoms. The van der Waals surface area contributed by atoms with Gasteiger partial charge < -0.3 is 14.6 Å². The maximum Gasteiger partial charge on any atom is 0.417 e. The van der Waals surface area contributed by atoms with Crippen molar-refractivity contribution in [3.8, 4) is 11.3 Å². The Labute approximate surface area is 130 Å². The summed E-state index contributed by atoms with van der Waals surface area (Å²) in [5.41, 5.74) is 3.22. The van der Waals surface area contributed by atoms with E-state index in [1.807, 2.05) is 18.2 Å². The third kappa shape index (κ3) is 2.32. The molecular weight excluding hydrogens is 300 g/mol. The van der Waals surface area contributed by atoms with E-state index in [1.54, 1.807) is 11.3 Å². The summed E-state index contributed by atoms with van der Waals surface area (Å²) in [5.74, 6) is -0.427. The van der Waals surface area contributed by atoms with Crippen LogP contribution in [0.25, 0.3) is 22.4 Å². The molecule has 1 aliphatic heterocycles. The minimum absolute atomic E-state index is 0.427. The number of benzene rings is 1. The Morgan fingerprint density at radius 1 is 1.32 bits per heavy atom. The molecule has 1 aliphatic rings. The van der Waals surface area contributed by atoms with E-state index in [1.165, 1.54) is 4.88 Å². The van der Waals surface area contributed by atoms with Gasteiger partial charge in [0.05, 0.1) is 11.2 Å². The Bertz CT molecular complexity index is 873. The Morgan fingerprint density at radius 3 is 2.95 bits per heavy atom. The predicted molar refractivity (Wildman–Crippen MR) is 87.8 cm³/mol. The molecule has 0 radical (unpaired) electrons. The lowest BCUT2D eigenvalue weighted by atomic mass is 10.1. The van der Waals surface area contributed by atoms with Crippen LogP contribution in [0.2, 0.25) is 0 Å². The zero-order valence-electron chi connectivity index (χ0n) is 12.2. The molecule has 3 heterocycles. The zero-order valence-corrected chi connectivity index (χ0v) is 13.0. The van der Waals surface area contributed by atoms with E-state index in [4.69, 9.17) is 9.40 Å². The van der Waals surface area contributed by atoms with Crippen molar-refractivity contribution in [2.24, 2.45) is 0 Å². The van der Waals surface area contributed by atoms with Crippen molar-refractivity contribution in [1.82, 2.24) is 15.3 Å². The molecule has 0 unspecified atom stereocenters. The van der Waals surface area contributed by atoms with Crippen LogP contribution in [-0.2, 0) is 0 Å². The van der Waals surface area contributed by atoms with E-state index < -0.39 is 5.76 Å². The van der Waals surface area contributed by atoms with Gasteiger partial charge in [-0.1, -0.05) is 6.07 Å². The smallest absolute Gasteiger partial charge is 0.408 e. The number of aryl methyl sites for hydroxylation is 1. The largest absolute Gasteiger partial charge is 0.417 e. The molecule has 0 amide bonds. The molecule has 1 saturated heterocycles. The highest BCUT2D eigenvalue weighted by molar-refractivity contribution is 7.16. The molecule has 2 aromatic heterocycles. The van der Waals surface area contributed by atoms with Gasteiger partial charge in [-0.25, -0.2) is 9.78 Å². The van der Waals surface area contributed by atoms with E-state index in [2.05, 4.69) is 22.1 Å². The predicted octanol–water partition coefficient (Wildman–Crippen LogP) is 1.96. The minimum atomic E-state index is -0.427. The van der Waals surface area contributed by atoms with Gasteiger partial charge in [-0.3, -0.25) is 4.98 Å². The molecule has 114 valence electrons. The van der Waals surface area contributed by atoms with Crippen LogP contribution in [0.1, 0.15) is 4.88 Å². The van der Waals surface area contributed by atoms with Gasteiger partial charge in [0.15, 0.2) is 10.7 Å². The van der Waals surface area contributed by atoms with Crippen molar-refractivity contribution >= 4 is 27.6 Å². The Balaban J connectivity index is 1.73. The molecule has 2 N–H and O–H groups in total. The van der Waals surface area contributed by atoms with Crippen molar-refractivity contribution in [2.75, 3.05) is 31.1 Å². The van der Waals surface area contributed by atoms with Crippen molar-refractivity contribution < 1.29 is 4.42 Å². The number of nitrogens with one attached hydrogen (secondary N) is 2. The molecule has 0 atom stereocenters. The van der Waals surface area contributed by atoms with E-state index in [0.29, 0.717) is 11.1 Å². The number of rotatable bonds is 2. The Hall–Kier alpha value is -2.12. The lowest BCUT2D eigenvalue weighted by molar-refractivity contribution is 0.555. The molecular formula is C15H16N4O2S. The maximum absolute atomic E-state index is 11.3. The minimum Gasteiger partial charge on any atom is -0.408 e. The van der Waals surface area contributed by atoms with Crippen LogP contribution >= 0.6 is 11.3 Å². The Kier molecular flexibility index (Phi) is 3.24. The van der Waals surface area contributed by atoms with Crippen LogP contribution in [0.5, 0.6) is 0 Å². The van der Waals surface area contributed by atoms with Crippen molar-refractivity contribution in [1.29, 1.82) is 0 Å². The maximum atomic E-state index is 11.3. The molecule has 0 bridgehead atoms. The first-order valence-corrected chi connectivity index (χ1v) is 8.09. The number of aromatic nitrogens is 2. The van der Waals surface area contributed by atoms with Crippen LogP contribution in [-0.4, -0.2) is 36.1 Å². The highest BCUT2D eigenvalue weighted by atomic mass is 32.1. The number of anilines is 1. The summed E-state index contributed by atoms with van der Waals surface area (Å²) in [5, 5.41) is 4.41. The fraction of sp³-hybridized carbons (Fsp3) is 0.333. The number of hydrogen-bond acceptors (Lipinski definition) is 6. The highest BCUT2D eigenvalue weighted by Crippen LogP contribution is 2.33. The average molecular weight is 316 g/mol. The normalized spacial score (nSPS) is 15.6. The average Bonchev–Trinajstić information content (AvgIpc) is 3.09. The van der Waals surface area contributed by atoms with Gasteiger partial charge in [-0.05, 0) is 19.1 Å². The molecule has 0 aliphatic carbocycles. The van der Waals surface area contributed by atoms with Gasteiger partial charge in [0.25, 0.3) is 0 Å². The molecule has 6 nitrogen and oxygen atoms in total. The second-order valence-electron chi connectivity index (χ2n) is 5.36. The van der Waals surface area contributed by atoms with Crippen LogP contribution in [0, 0.1) is 6.92 Å². The summed E-state index contributed by atoms with van der Waals surface area (Å²) >= 11 is 1.71. The lowest BCUT2D eigenvalue weighted by Gasteiger charge is -2.26. The molecule has 1 aromatic carbocycles. The lowest BCUT2D eigenvalue weighted by Crippen LogP contribution is -2.43. The Morgan fingerprint density at radius 2 is 2.14 bits per heavy atom. The zero-order chi connectivity index (χ0) is 15.1. The second kappa shape index (κ2) is 5.26. The molecule has 7 heteroatoms. The van der Waals surface area contributed by atoms with Gasteiger partial charge in [-0.15, -0.1) is 11.3 Å². The molecule has 0 saturated carbocycles. The second-order valence-corrected chi connectivity index (χ2v) is 6.55. The van der Waals surface area contributed by atoms with Gasteiger partial charge in [0.2, 0.25) is 0 Å². The monoisotopic (exact) mass is 316 g/mol. The standard InChI is InChI=1S/C15H16N4O2S/c1-9-13(18-14(22-9)19-6-4-16-5-7-19)10-2-3-11-12(8-10)21-15(20)17-11/h2-3,8,16H,4-7H2,1H3,(H,17,20). The van der Waals surface area contributed by atoms with Crippen molar-refractivity contribution in [3.63, 3.8) is 0 Å². The van der Waals surface area contributed by atoms with Gasteiger partial charge in [0, 0.05) is 36.6 Å². The van der Waals surface area contributed by atoms with E-state index >= 15 is 0 Å². The van der Waals surface area contributed by atoms with Crippen LogP contribution in [0.4, 0.5) is 5.13 Å². The van der Waals surface area contributed by atoms with Crippen LogP contribution < -0.4 is 16.0 Å². The van der Waals surface area contributed by atoms with Crippen molar-refractivity contribution in [2.45, 2.75) is 6.92 Å². The summed E-state index contributed by atoms with van der Waals surface area (Å²) < 4.78 is 5.14. The highest BCUT2D eigenvalue weighted by Gasteiger charge is 2.17. The molecule has 1 fully saturated rings. The number of hydrogen-bond donors (Lipinski definition) is 2. The number of aromatic amines is 1. The number of H-pyrrole nitrogens is 1. The fourth-order valence-electron chi connectivity index (χ4n) is 2.73. The number of nitrogens with zero attached hydrogens (tertiary/aromatic N) is 2. The summed E-state index contributed by atoms with van der Waals surface area (Å²) in [7, 11) is 0. The number of piperazine rings is 1. The molecule has 4 rings (SSSR count). The van der Waals surface area contributed by atoms with Gasteiger partial charge in [-0.2, -0.15) is 0 Å². The third-order valence-electron chi connectivity index (χ3n) is 3.87. The third-order valence-corrected chi connectivity index (χ3v) is 4.90. The number of thiazole rings is 1. The van der Waals surface area contributed by atoms with E-state index in [-0.39, 0.29) is 0 Å². The first-order valence-electron chi connectivity index (χ1n) is 7.27. The SMILES string of the molecule is Cc1sc(N2CCNCC2)nc1-c1ccc2[nH]c(=O)oc2c1. The van der Waals surface area contributed by atoms with Crippen LogP contribution in [0.3, 0.4) is 0 Å². The fourth-order valence-corrected chi connectivity index (χ4v) is 3.72. The number of fused-ring (bicyclic) bond motifs is 1. The summed E-state index contributed by atoms with van der Waals surface area (Å²) in [6.07, 6.45) is 0. The number of oxazole rings is 1. The first-order chi connectivity index (χ1) is 10.7. The van der Waals surface area contributed by atoms with Gasteiger partial charge in [0.1, 0.15) is 0 Å². The van der Waals surface area contributed by atoms with Crippen molar-refractivity contribution in [3.05, 3.63) is 33.6 Å². The quantitative estimate of drug-likeness (QED) is 0.756. The molecule has 22 heavy (non-hydrogen) atoms.